The molecule has 1 aliphatic rings. The summed E-state index contributed by atoms with van der Waals surface area (Å²) in [4.78, 5) is 11.4. The molecular formula is C10H14Cl2O2. The van der Waals surface area contributed by atoms with Gasteiger partial charge in [0.2, 0.25) is 0 Å². The van der Waals surface area contributed by atoms with Gasteiger partial charge in [-0.15, -0.1) is 11.6 Å². The molecule has 0 amide bonds. The Morgan fingerprint density at radius 1 is 1.57 bits per heavy atom. The molecule has 0 aromatic heterocycles. The molecule has 0 aromatic rings. The van der Waals surface area contributed by atoms with Crippen LogP contribution in [-0.4, -0.2) is 18.0 Å². The maximum Gasteiger partial charge on any atom is 0.335 e. The molecule has 1 heterocycles. The number of cyclic esters (lactones) is 1. The molecule has 0 bridgehead atoms. The highest BCUT2D eigenvalue weighted by molar-refractivity contribution is 6.31. The normalized spacial score (nSPS) is 30.4. The number of rotatable bonds is 3. The fourth-order valence-electron chi connectivity index (χ4n) is 1.74. The second-order valence-corrected chi connectivity index (χ2v) is 4.32. The average molecular weight is 237 g/mol. The van der Waals surface area contributed by atoms with Gasteiger partial charge in [-0.25, -0.2) is 4.79 Å². The van der Waals surface area contributed by atoms with Crippen LogP contribution in [0.1, 0.15) is 26.7 Å². The molecule has 0 unspecified atom stereocenters. The van der Waals surface area contributed by atoms with Crippen molar-refractivity contribution >= 4 is 29.2 Å². The van der Waals surface area contributed by atoms with Crippen LogP contribution in [0, 0.1) is 5.92 Å². The number of allylic oxidation sites excluding steroid dienone is 1. The van der Waals surface area contributed by atoms with Gasteiger partial charge in [-0.3, -0.25) is 0 Å². The van der Waals surface area contributed by atoms with E-state index in [9.17, 15) is 4.79 Å². The standard InChI is InChI=1S/C10H14Cl2O2/c1-3-4-8-7(5-11)9(6(2)12)10(13)14-8/h7-8H,3-5H2,1-2H3/b9-6+/t7-,8+/m0/s1. The Kier molecular flexibility index (Phi) is 4.27. The summed E-state index contributed by atoms with van der Waals surface area (Å²) >= 11 is 11.7. The summed E-state index contributed by atoms with van der Waals surface area (Å²) in [7, 11) is 0. The van der Waals surface area contributed by atoms with Gasteiger partial charge in [-0.2, -0.15) is 0 Å². The molecule has 0 spiro atoms. The summed E-state index contributed by atoms with van der Waals surface area (Å²) in [5.74, 6) is 0.0405. The van der Waals surface area contributed by atoms with Gasteiger partial charge >= 0.3 is 5.97 Å². The maximum atomic E-state index is 11.4. The zero-order valence-corrected chi connectivity index (χ0v) is 9.86. The van der Waals surface area contributed by atoms with Gasteiger partial charge < -0.3 is 4.74 Å². The molecule has 0 radical (unpaired) electrons. The Morgan fingerprint density at radius 3 is 2.64 bits per heavy atom. The van der Waals surface area contributed by atoms with E-state index in [1.54, 1.807) is 6.92 Å². The van der Waals surface area contributed by atoms with Crippen molar-refractivity contribution in [3.63, 3.8) is 0 Å². The quantitative estimate of drug-likeness (QED) is 0.428. The van der Waals surface area contributed by atoms with E-state index in [0.29, 0.717) is 16.5 Å². The van der Waals surface area contributed by atoms with E-state index < -0.39 is 0 Å². The zero-order valence-electron chi connectivity index (χ0n) is 8.35. The third-order valence-corrected chi connectivity index (χ3v) is 2.94. The number of esters is 1. The number of hydrogen-bond acceptors (Lipinski definition) is 2. The summed E-state index contributed by atoms with van der Waals surface area (Å²) in [6.07, 6.45) is 1.73. The Bertz CT molecular complexity index is 257. The predicted octanol–water partition coefficient (Wildman–Crippen LogP) is 3.08. The molecule has 0 N–H and O–H groups in total. The van der Waals surface area contributed by atoms with Crippen LogP contribution in [0.5, 0.6) is 0 Å². The highest BCUT2D eigenvalue weighted by Gasteiger charge is 2.39. The number of carbonyl (C=O) groups is 1. The van der Waals surface area contributed by atoms with E-state index in [-0.39, 0.29) is 18.0 Å². The van der Waals surface area contributed by atoms with Crippen LogP contribution in [0.25, 0.3) is 0 Å². The lowest BCUT2D eigenvalue weighted by molar-refractivity contribution is -0.139. The first-order chi connectivity index (χ1) is 6.61. The van der Waals surface area contributed by atoms with Gasteiger partial charge in [0.05, 0.1) is 5.57 Å². The first-order valence-electron chi connectivity index (χ1n) is 4.75. The topological polar surface area (TPSA) is 26.3 Å². The summed E-state index contributed by atoms with van der Waals surface area (Å²) in [6, 6.07) is 0. The Balaban J connectivity index is 2.89. The van der Waals surface area contributed by atoms with Crippen LogP contribution in [0.4, 0.5) is 0 Å². The van der Waals surface area contributed by atoms with Gasteiger partial charge in [-0.05, 0) is 13.3 Å². The smallest absolute Gasteiger partial charge is 0.335 e. The number of hydrogen-bond donors (Lipinski definition) is 0. The van der Waals surface area contributed by atoms with Crippen molar-refractivity contribution in [1.82, 2.24) is 0 Å². The van der Waals surface area contributed by atoms with Gasteiger partial charge in [-0.1, -0.05) is 24.9 Å². The predicted molar refractivity (Wildman–Crippen MR) is 57.6 cm³/mol. The molecule has 0 saturated carbocycles. The van der Waals surface area contributed by atoms with E-state index in [0.717, 1.165) is 12.8 Å². The van der Waals surface area contributed by atoms with Crippen LogP contribution >= 0.6 is 23.2 Å². The molecule has 0 aliphatic carbocycles. The van der Waals surface area contributed by atoms with E-state index >= 15 is 0 Å². The lowest BCUT2D eigenvalue weighted by atomic mass is 9.95. The van der Waals surface area contributed by atoms with Crippen molar-refractivity contribution in [2.75, 3.05) is 5.88 Å². The Hall–Kier alpha value is -0.210. The van der Waals surface area contributed by atoms with Crippen LogP contribution < -0.4 is 0 Å². The summed E-state index contributed by atoms with van der Waals surface area (Å²) in [5.41, 5.74) is 0.556. The molecule has 4 heteroatoms. The summed E-state index contributed by atoms with van der Waals surface area (Å²) in [5, 5.41) is 0.499. The van der Waals surface area contributed by atoms with Gasteiger partial charge in [0, 0.05) is 16.8 Å². The van der Waals surface area contributed by atoms with Crippen molar-refractivity contribution in [2.24, 2.45) is 5.92 Å². The van der Waals surface area contributed by atoms with Crippen LogP contribution in [0.2, 0.25) is 0 Å². The lowest BCUT2D eigenvalue weighted by Gasteiger charge is -2.14. The SMILES string of the molecule is CCC[C@H]1OC(=O)/C(=C(\C)Cl)[C@H]1CCl. The number of carbonyl (C=O) groups excluding carboxylic acids is 1. The molecule has 1 rings (SSSR count). The van der Waals surface area contributed by atoms with Crippen LogP contribution in [-0.2, 0) is 9.53 Å². The van der Waals surface area contributed by atoms with Crippen LogP contribution in [0.15, 0.2) is 10.6 Å². The summed E-state index contributed by atoms with van der Waals surface area (Å²) in [6.45, 7) is 3.75. The second kappa shape index (κ2) is 5.04. The van der Waals surface area contributed by atoms with Crippen molar-refractivity contribution in [3.05, 3.63) is 10.6 Å². The molecule has 1 saturated heterocycles. The lowest BCUT2D eigenvalue weighted by Crippen LogP contribution is -2.18. The van der Waals surface area contributed by atoms with Gasteiger partial charge in [0.15, 0.2) is 0 Å². The van der Waals surface area contributed by atoms with Gasteiger partial charge in [0.1, 0.15) is 6.10 Å². The van der Waals surface area contributed by atoms with E-state index in [1.165, 1.54) is 0 Å². The third kappa shape index (κ3) is 2.23. The minimum atomic E-state index is -0.304. The number of ether oxygens (including phenoxy) is 1. The molecule has 2 nitrogen and oxygen atoms in total. The molecule has 14 heavy (non-hydrogen) atoms. The van der Waals surface area contributed by atoms with Crippen molar-refractivity contribution < 1.29 is 9.53 Å². The molecule has 2 atom stereocenters. The van der Waals surface area contributed by atoms with E-state index in [4.69, 9.17) is 27.9 Å². The fourth-order valence-corrected chi connectivity index (χ4v) is 2.31. The van der Waals surface area contributed by atoms with Crippen molar-refractivity contribution in [1.29, 1.82) is 0 Å². The highest BCUT2D eigenvalue weighted by Crippen LogP contribution is 2.34. The molecule has 0 aromatic carbocycles. The van der Waals surface area contributed by atoms with Crippen molar-refractivity contribution in [2.45, 2.75) is 32.8 Å². The molecular weight excluding hydrogens is 223 g/mol. The van der Waals surface area contributed by atoms with Crippen LogP contribution in [0.3, 0.4) is 0 Å². The number of halogens is 2. The maximum absolute atomic E-state index is 11.4. The molecule has 1 fully saturated rings. The van der Waals surface area contributed by atoms with E-state index in [2.05, 4.69) is 0 Å². The summed E-state index contributed by atoms with van der Waals surface area (Å²) < 4.78 is 5.21. The average Bonchev–Trinajstić information content (AvgIpc) is 2.42. The third-order valence-electron chi connectivity index (χ3n) is 2.41. The Morgan fingerprint density at radius 2 is 2.21 bits per heavy atom. The number of alkyl halides is 1. The largest absolute Gasteiger partial charge is 0.458 e. The highest BCUT2D eigenvalue weighted by atomic mass is 35.5. The first kappa shape index (κ1) is 11.9. The first-order valence-corrected chi connectivity index (χ1v) is 5.66. The minimum Gasteiger partial charge on any atom is -0.458 e. The fraction of sp³-hybridized carbons (Fsp3) is 0.700. The second-order valence-electron chi connectivity index (χ2n) is 3.44. The van der Waals surface area contributed by atoms with E-state index in [1.807, 2.05) is 6.92 Å². The zero-order chi connectivity index (χ0) is 10.7. The molecule has 1 aliphatic heterocycles. The Labute approximate surface area is 94.2 Å². The molecule has 80 valence electrons. The van der Waals surface area contributed by atoms with Gasteiger partial charge in [0.25, 0.3) is 0 Å². The van der Waals surface area contributed by atoms with Crippen molar-refractivity contribution in [3.8, 4) is 0 Å². The minimum absolute atomic E-state index is 0.0402. The monoisotopic (exact) mass is 236 g/mol.